The highest BCUT2D eigenvalue weighted by Gasteiger charge is 2.22. The van der Waals surface area contributed by atoms with E-state index in [4.69, 9.17) is 9.47 Å². The van der Waals surface area contributed by atoms with Crippen LogP contribution in [0.1, 0.15) is 13.3 Å². The van der Waals surface area contributed by atoms with Crippen molar-refractivity contribution in [2.24, 2.45) is 0 Å². The molecular formula is C19H18ClN3O2. The van der Waals surface area contributed by atoms with Crippen LogP contribution in [0.4, 0.5) is 0 Å². The van der Waals surface area contributed by atoms with Gasteiger partial charge in [0, 0.05) is 5.56 Å². The minimum Gasteiger partial charge on any atom is -1.00 e. The molecule has 5 rings (SSSR count). The van der Waals surface area contributed by atoms with Crippen LogP contribution >= 0.6 is 0 Å². The summed E-state index contributed by atoms with van der Waals surface area (Å²) >= 11 is 0. The molecule has 0 radical (unpaired) electrons. The number of ether oxygens (including phenoxy) is 2. The van der Waals surface area contributed by atoms with E-state index in [0.29, 0.717) is 6.79 Å². The number of aryl methyl sites for hydroxylation is 1. The van der Waals surface area contributed by atoms with Crippen LogP contribution < -0.4 is 26.4 Å². The topological polar surface area (TPSA) is 42.5 Å². The molecule has 0 saturated carbocycles. The number of rotatable bonds is 3. The van der Waals surface area contributed by atoms with E-state index in [-0.39, 0.29) is 12.4 Å². The molecule has 25 heavy (non-hydrogen) atoms. The maximum absolute atomic E-state index is 5.50. The Kier molecular flexibility index (Phi) is 3.81. The van der Waals surface area contributed by atoms with Crippen LogP contribution in [0.3, 0.4) is 0 Å². The zero-order valence-electron chi connectivity index (χ0n) is 13.8. The Bertz CT molecular complexity index is 1070. The average Bonchev–Trinajstić information content (AvgIpc) is 3.30. The van der Waals surface area contributed by atoms with E-state index in [1.807, 2.05) is 12.1 Å². The van der Waals surface area contributed by atoms with E-state index < -0.39 is 0 Å². The molecule has 128 valence electrons. The first-order chi connectivity index (χ1) is 11.8. The molecule has 3 heterocycles. The molecule has 0 bridgehead atoms. The standard InChI is InChI=1S/C19H17N3O2.ClH/c1-2-9-21-15-5-3-4-6-16(15)22-11-14(20-19(21)22)13-7-8-17-18(10-13)24-12-23-17;/h3-8,10-11H,2,9,12H2,1H3;1H. The number of benzene rings is 2. The zero-order valence-corrected chi connectivity index (χ0v) is 14.6. The van der Waals surface area contributed by atoms with Gasteiger partial charge in [0.1, 0.15) is 22.9 Å². The highest BCUT2D eigenvalue weighted by atomic mass is 35.5. The molecule has 1 aliphatic heterocycles. The van der Waals surface area contributed by atoms with Gasteiger partial charge >= 0.3 is 5.78 Å². The number of para-hydroxylation sites is 2. The predicted octanol–water partition coefficient (Wildman–Crippen LogP) is 0.518. The fourth-order valence-electron chi connectivity index (χ4n) is 3.46. The molecule has 0 aliphatic carbocycles. The second-order valence-electron chi connectivity index (χ2n) is 6.07. The molecule has 0 saturated heterocycles. The van der Waals surface area contributed by atoms with Crippen LogP contribution in [-0.2, 0) is 6.54 Å². The van der Waals surface area contributed by atoms with Crippen molar-refractivity contribution in [2.45, 2.75) is 19.9 Å². The van der Waals surface area contributed by atoms with Crippen molar-refractivity contribution in [1.29, 1.82) is 0 Å². The second kappa shape index (κ2) is 6.01. The van der Waals surface area contributed by atoms with Gasteiger partial charge in [-0.15, -0.1) is 0 Å². The molecular weight excluding hydrogens is 338 g/mol. The first kappa shape index (κ1) is 15.8. The van der Waals surface area contributed by atoms with Crippen molar-refractivity contribution in [3.8, 4) is 22.8 Å². The average molecular weight is 356 g/mol. The summed E-state index contributed by atoms with van der Waals surface area (Å²) in [6.07, 6.45) is 3.24. The maximum atomic E-state index is 5.50. The minimum atomic E-state index is 0. The van der Waals surface area contributed by atoms with Gasteiger partial charge in [0.25, 0.3) is 0 Å². The van der Waals surface area contributed by atoms with Gasteiger partial charge in [-0.2, -0.15) is 4.40 Å². The second-order valence-corrected chi connectivity index (χ2v) is 6.07. The number of halogens is 1. The van der Waals surface area contributed by atoms with Crippen molar-refractivity contribution < 1.29 is 26.4 Å². The first-order valence-corrected chi connectivity index (χ1v) is 8.27. The van der Waals surface area contributed by atoms with E-state index in [9.17, 15) is 0 Å². The molecule has 1 aliphatic rings. The molecule has 0 unspecified atom stereocenters. The number of hydrogen-bond donors (Lipinski definition) is 1. The Morgan fingerprint density at radius 1 is 1.12 bits per heavy atom. The lowest BCUT2D eigenvalue weighted by molar-refractivity contribution is -0.647. The summed E-state index contributed by atoms with van der Waals surface area (Å²) in [4.78, 5) is 3.58. The van der Waals surface area contributed by atoms with E-state index in [2.05, 4.69) is 57.4 Å². The summed E-state index contributed by atoms with van der Waals surface area (Å²) in [5, 5.41) is 0. The summed E-state index contributed by atoms with van der Waals surface area (Å²) in [5.74, 6) is 2.72. The van der Waals surface area contributed by atoms with Gasteiger partial charge in [0.15, 0.2) is 11.5 Å². The molecule has 0 amide bonds. The molecule has 5 nitrogen and oxygen atoms in total. The van der Waals surface area contributed by atoms with Crippen LogP contribution in [-0.4, -0.2) is 16.2 Å². The number of fused-ring (bicyclic) bond motifs is 4. The number of hydrogen-bond acceptors (Lipinski definition) is 2. The molecule has 0 spiro atoms. The van der Waals surface area contributed by atoms with Crippen molar-refractivity contribution >= 4 is 16.8 Å². The zero-order chi connectivity index (χ0) is 16.1. The number of H-pyrrole nitrogens is 1. The lowest BCUT2D eigenvalue weighted by Gasteiger charge is -1.99. The van der Waals surface area contributed by atoms with Gasteiger partial charge in [-0.3, -0.25) is 0 Å². The van der Waals surface area contributed by atoms with Crippen molar-refractivity contribution in [3.05, 3.63) is 48.7 Å². The van der Waals surface area contributed by atoms with Crippen molar-refractivity contribution in [2.75, 3.05) is 6.79 Å². The number of aromatic amines is 1. The largest absolute Gasteiger partial charge is 1.00 e. The summed E-state index contributed by atoms with van der Waals surface area (Å²) in [6, 6.07) is 14.6. The Labute approximate surface area is 151 Å². The highest BCUT2D eigenvalue weighted by Crippen LogP contribution is 2.35. The van der Waals surface area contributed by atoms with E-state index in [1.54, 1.807) is 0 Å². The third kappa shape index (κ3) is 2.35. The fourth-order valence-corrected chi connectivity index (χ4v) is 3.46. The molecule has 2 aromatic carbocycles. The van der Waals surface area contributed by atoms with Crippen molar-refractivity contribution in [1.82, 2.24) is 9.38 Å². The van der Waals surface area contributed by atoms with Crippen molar-refractivity contribution in [3.63, 3.8) is 0 Å². The summed E-state index contributed by atoms with van der Waals surface area (Å²) in [5.41, 5.74) is 4.63. The SMILES string of the molecule is CCC[n+]1c2ccccc2n2cc(-c3ccc4c(c3)OCO4)[nH]c21.[Cl-]. The predicted molar refractivity (Wildman–Crippen MR) is 91.3 cm³/mol. The molecule has 1 N–H and O–H groups in total. The Morgan fingerprint density at radius 3 is 2.84 bits per heavy atom. The smallest absolute Gasteiger partial charge is 0.368 e. The first-order valence-electron chi connectivity index (χ1n) is 8.27. The Balaban J connectivity index is 0.00000157. The van der Waals surface area contributed by atoms with Crippen LogP contribution in [0, 0.1) is 0 Å². The van der Waals surface area contributed by atoms with E-state index in [0.717, 1.165) is 41.5 Å². The minimum absolute atomic E-state index is 0. The molecule has 0 atom stereocenters. The van der Waals surface area contributed by atoms with Crippen LogP contribution in [0.25, 0.3) is 28.1 Å². The van der Waals surface area contributed by atoms with Crippen LogP contribution in [0.15, 0.2) is 48.7 Å². The molecule has 6 heteroatoms. The molecule has 2 aromatic heterocycles. The number of nitrogens with zero attached hydrogens (tertiary/aromatic N) is 2. The number of aromatic nitrogens is 3. The van der Waals surface area contributed by atoms with Gasteiger partial charge in [-0.1, -0.05) is 19.1 Å². The van der Waals surface area contributed by atoms with Crippen LogP contribution in [0.5, 0.6) is 11.5 Å². The lowest BCUT2D eigenvalue weighted by Crippen LogP contribution is -3.00. The van der Waals surface area contributed by atoms with Gasteiger partial charge in [0.2, 0.25) is 6.79 Å². The number of imidazole rings is 2. The van der Waals surface area contributed by atoms with Gasteiger partial charge < -0.3 is 21.9 Å². The van der Waals surface area contributed by atoms with E-state index in [1.165, 1.54) is 11.0 Å². The fraction of sp³-hybridized carbons (Fsp3) is 0.211. The lowest BCUT2D eigenvalue weighted by atomic mass is 10.1. The third-order valence-corrected chi connectivity index (χ3v) is 4.55. The van der Waals surface area contributed by atoms with Gasteiger partial charge in [-0.25, -0.2) is 9.55 Å². The van der Waals surface area contributed by atoms with Gasteiger partial charge in [-0.05, 0) is 36.8 Å². The highest BCUT2D eigenvalue weighted by molar-refractivity contribution is 5.77. The summed E-state index contributed by atoms with van der Waals surface area (Å²) in [6.45, 7) is 3.48. The molecule has 0 fully saturated rings. The molecule has 4 aromatic rings. The summed E-state index contributed by atoms with van der Waals surface area (Å²) in [7, 11) is 0. The third-order valence-electron chi connectivity index (χ3n) is 4.55. The monoisotopic (exact) mass is 355 g/mol. The number of nitrogens with one attached hydrogen (secondary N) is 1. The summed E-state index contributed by atoms with van der Waals surface area (Å²) < 4.78 is 15.5. The van der Waals surface area contributed by atoms with Gasteiger partial charge in [0.05, 0.1) is 6.54 Å². The van der Waals surface area contributed by atoms with E-state index >= 15 is 0 Å². The normalized spacial score (nSPS) is 12.7. The maximum Gasteiger partial charge on any atom is 0.368 e. The quantitative estimate of drug-likeness (QED) is 0.544. The van der Waals surface area contributed by atoms with Crippen LogP contribution in [0.2, 0.25) is 0 Å². The Morgan fingerprint density at radius 2 is 1.96 bits per heavy atom. The Hall–Kier alpha value is -2.66.